The summed E-state index contributed by atoms with van der Waals surface area (Å²) in [6, 6.07) is 0. The van der Waals surface area contributed by atoms with Gasteiger partial charge in [0.2, 0.25) is 5.01 Å². The summed E-state index contributed by atoms with van der Waals surface area (Å²) < 4.78 is 124. The Morgan fingerprint density at radius 3 is 2.14 bits per heavy atom. The molecule has 1 unspecified atom stereocenters. The first-order valence-electron chi connectivity index (χ1n) is 6.96. The number of nitrogens with zero attached hydrogens (tertiary/aromatic N) is 2. The minimum Gasteiger partial charge on any atom is -0.392 e. The molecule has 0 aliphatic rings. The van der Waals surface area contributed by atoms with Crippen LogP contribution in [0.4, 0.5) is 35.1 Å². The predicted molar refractivity (Wildman–Crippen MR) is 91.1 cm³/mol. The summed E-state index contributed by atoms with van der Waals surface area (Å²) in [6.07, 6.45) is -11.8. The summed E-state index contributed by atoms with van der Waals surface area (Å²) in [4.78, 5) is -0.649. The molecule has 1 aromatic rings. The van der Waals surface area contributed by atoms with E-state index < -0.39 is 78.8 Å². The first kappa shape index (κ1) is 25.2. The molecular weight excluding hydrogens is 486 g/mol. The quantitative estimate of drug-likeness (QED) is 0.413. The SMILES string of the molecule is NC(=S)C(CCSC(F)(F)C(F)(F)F)S(=O)(=O)CCc1nnc(C(F)(F)F)s1. The lowest BCUT2D eigenvalue weighted by atomic mass is 10.3. The third kappa shape index (κ3) is 6.91. The number of aryl methyl sites for hydroxylation is 1. The Kier molecular flexibility index (Phi) is 8.03. The Morgan fingerprint density at radius 1 is 1.14 bits per heavy atom. The molecule has 5 nitrogen and oxygen atoms in total. The van der Waals surface area contributed by atoms with Gasteiger partial charge in [0.1, 0.15) is 10.3 Å². The van der Waals surface area contributed by atoms with E-state index in [-0.39, 0.29) is 16.3 Å². The number of alkyl halides is 8. The van der Waals surface area contributed by atoms with Gasteiger partial charge in [-0.05, 0) is 6.42 Å². The van der Waals surface area contributed by atoms with Crippen LogP contribution < -0.4 is 5.73 Å². The lowest BCUT2D eigenvalue weighted by molar-refractivity contribution is -0.237. The van der Waals surface area contributed by atoms with Crippen LogP contribution in [0.2, 0.25) is 0 Å². The van der Waals surface area contributed by atoms with E-state index in [0.717, 1.165) is 0 Å². The van der Waals surface area contributed by atoms with E-state index in [1.807, 2.05) is 0 Å². The minimum absolute atomic E-state index is 0.121. The average molecular weight is 497 g/mol. The van der Waals surface area contributed by atoms with Crippen molar-refractivity contribution in [2.24, 2.45) is 5.73 Å². The maximum Gasteiger partial charge on any atom is 0.464 e. The molecule has 1 rings (SSSR count). The largest absolute Gasteiger partial charge is 0.464 e. The first-order valence-corrected chi connectivity index (χ1v) is 10.9. The molecule has 0 aromatic carbocycles. The second-order valence-electron chi connectivity index (χ2n) is 5.16. The van der Waals surface area contributed by atoms with Crippen molar-refractivity contribution < 1.29 is 43.5 Å². The van der Waals surface area contributed by atoms with Gasteiger partial charge in [-0.25, -0.2) is 8.42 Å². The number of rotatable bonds is 9. The molecule has 0 amide bonds. The Morgan fingerprint density at radius 2 is 1.71 bits per heavy atom. The van der Waals surface area contributed by atoms with Crippen molar-refractivity contribution in [2.45, 2.75) is 35.7 Å². The van der Waals surface area contributed by atoms with Crippen LogP contribution >= 0.6 is 35.3 Å². The van der Waals surface area contributed by atoms with Gasteiger partial charge in [0.05, 0.1) is 10.7 Å². The van der Waals surface area contributed by atoms with Crippen LogP contribution in [0.25, 0.3) is 0 Å². The fourth-order valence-electron chi connectivity index (χ4n) is 1.72. The second kappa shape index (κ2) is 8.91. The zero-order valence-electron chi connectivity index (χ0n) is 13.4. The molecule has 1 atom stereocenters. The van der Waals surface area contributed by atoms with E-state index in [0.29, 0.717) is 0 Å². The first-order chi connectivity index (χ1) is 12.5. The van der Waals surface area contributed by atoms with Gasteiger partial charge in [-0.1, -0.05) is 35.3 Å². The average Bonchev–Trinajstić information content (AvgIpc) is 2.97. The molecule has 0 saturated heterocycles. The van der Waals surface area contributed by atoms with E-state index in [1.165, 1.54) is 0 Å². The number of sulfone groups is 1. The number of halogens is 8. The smallest absolute Gasteiger partial charge is 0.392 e. The highest BCUT2D eigenvalue weighted by Gasteiger charge is 2.58. The van der Waals surface area contributed by atoms with Gasteiger partial charge in [0.25, 0.3) is 0 Å². The fourth-order valence-corrected chi connectivity index (χ4v) is 5.63. The van der Waals surface area contributed by atoms with E-state index in [9.17, 15) is 43.5 Å². The van der Waals surface area contributed by atoms with E-state index in [1.54, 1.807) is 0 Å². The van der Waals surface area contributed by atoms with Crippen molar-refractivity contribution in [3.05, 3.63) is 10.0 Å². The summed E-state index contributed by atoms with van der Waals surface area (Å²) in [5.41, 5.74) is 5.25. The molecule has 0 bridgehead atoms. The molecule has 162 valence electrons. The molecule has 28 heavy (non-hydrogen) atoms. The lowest BCUT2D eigenvalue weighted by Gasteiger charge is -2.20. The summed E-state index contributed by atoms with van der Waals surface area (Å²) in [5.74, 6) is -1.72. The highest BCUT2D eigenvalue weighted by Crippen LogP contribution is 2.44. The molecular formula is C11H11F8N3O2S4. The maximum absolute atomic E-state index is 12.9. The zero-order chi connectivity index (χ0) is 22.0. The molecule has 0 aliphatic heterocycles. The maximum atomic E-state index is 12.9. The van der Waals surface area contributed by atoms with Crippen LogP contribution in [-0.2, 0) is 22.4 Å². The van der Waals surface area contributed by atoms with Crippen molar-refractivity contribution >= 4 is 50.1 Å². The van der Waals surface area contributed by atoms with Crippen LogP contribution in [0, 0.1) is 0 Å². The topological polar surface area (TPSA) is 85.9 Å². The number of thiocarbonyl (C=S) groups is 1. The summed E-state index contributed by atoms with van der Waals surface area (Å²) in [6.45, 7) is 0. The Bertz CT molecular complexity index is 790. The zero-order valence-corrected chi connectivity index (χ0v) is 16.6. The molecule has 0 radical (unpaired) electrons. The number of aromatic nitrogens is 2. The third-order valence-corrected chi connectivity index (χ3v) is 7.68. The standard InChI is InChI=1S/C11H11F8N3O2S4/c12-9(13,14)8-22-21-6(27-8)2-4-28(23,24)5(7(20)25)1-3-26-11(18,19)10(15,16)17/h5H,1-4H2,(H2,20,25). The van der Waals surface area contributed by atoms with Gasteiger partial charge >= 0.3 is 17.6 Å². The Balaban J connectivity index is 2.76. The van der Waals surface area contributed by atoms with Crippen LogP contribution in [0.5, 0.6) is 0 Å². The highest BCUT2D eigenvalue weighted by molar-refractivity contribution is 8.00. The molecule has 1 aromatic heterocycles. The van der Waals surface area contributed by atoms with Gasteiger partial charge in [-0.3, -0.25) is 0 Å². The van der Waals surface area contributed by atoms with Gasteiger partial charge in [0, 0.05) is 12.2 Å². The highest BCUT2D eigenvalue weighted by atomic mass is 32.2. The monoisotopic (exact) mass is 497 g/mol. The number of thioether (sulfide) groups is 1. The van der Waals surface area contributed by atoms with Crippen molar-refractivity contribution in [1.82, 2.24) is 10.2 Å². The van der Waals surface area contributed by atoms with Gasteiger partial charge in [0.15, 0.2) is 9.84 Å². The predicted octanol–water partition coefficient (Wildman–Crippen LogP) is 3.45. The van der Waals surface area contributed by atoms with Gasteiger partial charge in [-0.15, -0.1) is 10.2 Å². The number of nitrogens with two attached hydrogens (primary N) is 1. The number of hydrogen-bond donors (Lipinski definition) is 1. The number of hydrogen-bond acceptors (Lipinski definition) is 7. The van der Waals surface area contributed by atoms with E-state index in [4.69, 9.17) is 5.73 Å². The fraction of sp³-hybridized carbons (Fsp3) is 0.727. The molecule has 2 N–H and O–H groups in total. The third-order valence-electron chi connectivity index (χ3n) is 3.05. The van der Waals surface area contributed by atoms with Gasteiger partial charge in [-0.2, -0.15) is 35.1 Å². The van der Waals surface area contributed by atoms with Crippen LogP contribution in [-0.4, -0.2) is 51.8 Å². The normalized spacial score (nSPS) is 14.9. The summed E-state index contributed by atoms with van der Waals surface area (Å²) in [5, 5.41) is -2.26. The van der Waals surface area contributed by atoms with Gasteiger partial charge < -0.3 is 5.73 Å². The molecule has 17 heteroatoms. The summed E-state index contributed by atoms with van der Waals surface area (Å²) >= 11 is 3.84. The van der Waals surface area contributed by atoms with Crippen LogP contribution in [0.3, 0.4) is 0 Å². The van der Waals surface area contributed by atoms with Crippen LogP contribution in [0.1, 0.15) is 16.4 Å². The Labute approximate surface area is 167 Å². The minimum atomic E-state index is -5.82. The van der Waals surface area contributed by atoms with Crippen LogP contribution in [0.15, 0.2) is 0 Å². The van der Waals surface area contributed by atoms with Crippen molar-refractivity contribution in [3.8, 4) is 0 Å². The Hall–Kier alpha value is -0.810. The molecule has 0 saturated carbocycles. The summed E-state index contributed by atoms with van der Waals surface area (Å²) in [7, 11) is -4.25. The van der Waals surface area contributed by atoms with Crippen molar-refractivity contribution in [3.63, 3.8) is 0 Å². The van der Waals surface area contributed by atoms with E-state index in [2.05, 4.69) is 22.4 Å². The molecule has 0 aliphatic carbocycles. The molecule has 1 heterocycles. The van der Waals surface area contributed by atoms with Crippen molar-refractivity contribution in [2.75, 3.05) is 11.5 Å². The van der Waals surface area contributed by atoms with Crippen molar-refractivity contribution in [1.29, 1.82) is 0 Å². The molecule has 0 fully saturated rings. The van der Waals surface area contributed by atoms with E-state index >= 15 is 0 Å². The molecule has 0 spiro atoms. The lowest BCUT2D eigenvalue weighted by Crippen LogP contribution is -2.38. The second-order valence-corrected chi connectivity index (χ2v) is 10.2.